The summed E-state index contributed by atoms with van der Waals surface area (Å²) in [5.74, 6) is -0.994. The van der Waals surface area contributed by atoms with Crippen LogP contribution in [0.1, 0.15) is 69.3 Å². The third-order valence-electron chi connectivity index (χ3n) is 9.59. The molecule has 0 fully saturated rings. The van der Waals surface area contributed by atoms with Crippen molar-refractivity contribution in [2.45, 2.75) is 90.1 Å². The summed E-state index contributed by atoms with van der Waals surface area (Å²) in [5.41, 5.74) is 5.40. The maximum absolute atomic E-state index is 14.3. The number of H-pyrrole nitrogens is 1. The van der Waals surface area contributed by atoms with E-state index < -0.39 is 47.2 Å². The van der Waals surface area contributed by atoms with Gasteiger partial charge in [-0.2, -0.15) is 13.2 Å². The molecule has 49 heavy (non-hydrogen) atoms. The first-order chi connectivity index (χ1) is 23.1. The number of amides is 4. The van der Waals surface area contributed by atoms with E-state index in [2.05, 4.69) is 26.3 Å². The molecule has 2 unspecified atom stereocenters. The zero-order chi connectivity index (χ0) is 36.1. The largest absolute Gasteiger partial charge is 0.497 e. The first-order valence-electron chi connectivity index (χ1n) is 16.4. The van der Waals surface area contributed by atoms with Gasteiger partial charge in [-0.15, -0.1) is 0 Å². The van der Waals surface area contributed by atoms with Gasteiger partial charge < -0.3 is 36.7 Å². The van der Waals surface area contributed by atoms with Crippen LogP contribution in [0.4, 0.5) is 18.0 Å². The fraction of sp³-hybridized carbons (Fsp3) is 0.486. The molecular weight excluding hydrogens is 657 g/mol. The lowest BCUT2D eigenvalue weighted by atomic mass is 9.78. The molecule has 0 saturated carbocycles. The summed E-state index contributed by atoms with van der Waals surface area (Å²) in [6.45, 7) is 7.67. The van der Waals surface area contributed by atoms with Gasteiger partial charge in [-0.25, -0.2) is 4.79 Å². The predicted molar refractivity (Wildman–Crippen MR) is 186 cm³/mol. The molecule has 10 nitrogen and oxygen atoms in total. The molecule has 266 valence electrons. The van der Waals surface area contributed by atoms with Crippen LogP contribution in [0.5, 0.6) is 5.75 Å². The number of thiocarbonyl (C=S) groups is 1. The van der Waals surface area contributed by atoms with Crippen molar-refractivity contribution in [1.29, 1.82) is 0 Å². The fourth-order valence-corrected chi connectivity index (χ4v) is 6.54. The summed E-state index contributed by atoms with van der Waals surface area (Å²) in [4.78, 5) is 44.6. The number of carbonyl (C=O) groups is 3. The van der Waals surface area contributed by atoms with Gasteiger partial charge in [0.05, 0.1) is 29.2 Å². The molecule has 4 amide bonds. The Kier molecular flexibility index (Phi) is 11.8. The molecule has 1 aliphatic rings. The van der Waals surface area contributed by atoms with Crippen molar-refractivity contribution in [1.82, 2.24) is 26.3 Å². The number of methoxy groups -OCH3 is 1. The number of aryl methyl sites for hydroxylation is 1. The van der Waals surface area contributed by atoms with Gasteiger partial charge in [0.2, 0.25) is 11.8 Å². The quantitative estimate of drug-likeness (QED) is 0.134. The van der Waals surface area contributed by atoms with Crippen molar-refractivity contribution >= 4 is 46.0 Å². The minimum Gasteiger partial charge on any atom is -0.497 e. The fourth-order valence-electron chi connectivity index (χ4n) is 6.25. The van der Waals surface area contributed by atoms with Gasteiger partial charge in [-0.05, 0) is 54.0 Å². The van der Waals surface area contributed by atoms with Crippen LogP contribution in [0.3, 0.4) is 0 Å². The van der Waals surface area contributed by atoms with Gasteiger partial charge >= 0.3 is 12.2 Å². The van der Waals surface area contributed by atoms with Gasteiger partial charge in [0.15, 0.2) is 0 Å². The molecule has 0 spiro atoms. The first kappa shape index (κ1) is 37.5. The third-order valence-corrected chi connectivity index (χ3v) is 9.84. The van der Waals surface area contributed by atoms with Gasteiger partial charge in [-0.3, -0.25) is 9.59 Å². The van der Waals surface area contributed by atoms with Crippen molar-refractivity contribution in [3.63, 3.8) is 0 Å². The van der Waals surface area contributed by atoms with E-state index in [1.165, 1.54) is 6.07 Å². The van der Waals surface area contributed by atoms with Crippen LogP contribution in [-0.4, -0.2) is 52.6 Å². The number of hydrogen-bond donors (Lipinski definition) is 6. The van der Waals surface area contributed by atoms with E-state index >= 15 is 0 Å². The number of carbonyl (C=O) groups excluding carboxylic acids is 3. The Bertz CT molecular complexity index is 1700. The molecule has 0 aliphatic heterocycles. The monoisotopic (exact) mass is 702 g/mol. The number of alkyl halides is 3. The van der Waals surface area contributed by atoms with Crippen LogP contribution in [0.25, 0.3) is 10.9 Å². The van der Waals surface area contributed by atoms with Crippen molar-refractivity contribution in [3.8, 4) is 5.75 Å². The molecule has 1 aromatic heterocycles. The number of para-hydroxylation sites is 1. The van der Waals surface area contributed by atoms with Crippen LogP contribution in [0.2, 0.25) is 0 Å². The molecule has 5 atom stereocenters. The second kappa shape index (κ2) is 15.5. The summed E-state index contributed by atoms with van der Waals surface area (Å²) in [6, 6.07) is 8.77. The van der Waals surface area contributed by atoms with Gasteiger partial charge in [-0.1, -0.05) is 77.0 Å². The second-order valence-electron chi connectivity index (χ2n) is 12.8. The number of fused-ring (bicyclic) bond motifs is 3. The first-order valence-corrected chi connectivity index (χ1v) is 16.8. The van der Waals surface area contributed by atoms with Crippen molar-refractivity contribution < 1.29 is 32.3 Å². The topological polar surface area (TPSA) is 150 Å². The molecule has 7 N–H and O–H groups in total. The Labute approximate surface area is 289 Å². The molecule has 1 aliphatic carbocycles. The number of nitrogens with one attached hydrogen (secondary N) is 5. The number of ether oxygens (including phenoxy) is 1. The average Bonchev–Trinajstić information content (AvgIpc) is 3.44. The van der Waals surface area contributed by atoms with E-state index in [1.807, 2.05) is 33.8 Å². The summed E-state index contributed by atoms with van der Waals surface area (Å²) in [5, 5.41) is 11.7. The second-order valence-corrected chi connectivity index (χ2v) is 13.3. The highest BCUT2D eigenvalue weighted by Gasteiger charge is 2.47. The van der Waals surface area contributed by atoms with E-state index in [0.717, 1.165) is 11.6 Å². The molecule has 3 aromatic rings. The number of hydrogen-bond acceptors (Lipinski definition) is 5. The number of rotatable bonds is 13. The zero-order valence-corrected chi connectivity index (χ0v) is 29.2. The number of nitrogens with two attached hydrogens (primary N) is 1. The molecule has 14 heteroatoms. The molecule has 0 radical (unpaired) electrons. The number of urea groups is 1. The third kappa shape index (κ3) is 8.46. The van der Waals surface area contributed by atoms with E-state index in [0.29, 0.717) is 35.2 Å². The lowest BCUT2D eigenvalue weighted by molar-refractivity contribution is -0.136. The maximum Gasteiger partial charge on any atom is 0.418 e. The van der Waals surface area contributed by atoms with E-state index in [-0.39, 0.29) is 48.1 Å². The van der Waals surface area contributed by atoms with Crippen molar-refractivity contribution in [3.05, 3.63) is 64.8 Å². The normalized spacial score (nSPS) is 18.4. The number of aromatic nitrogens is 1. The molecule has 2 aromatic carbocycles. The summed E-state index contributed by atoms with van der Waals surface area (Å²) >= 11 is 5.28. The Balaban J connectivity index is 1.67. The van der Waals surface area contributed by atoms with E-state index in [4.69, 9.17) is 22.7 Å². The Morgan fingerprint density at radius 3 is 2.35 bits per heavy atom. The lowest BCUT2D eigenvalue weighted by Gasteiger charge is -2.40. The van der Waals surface area contributed by atoms with E-state index in [1.54, 1.807) is 31.4 Å². The summed E-state index contributed by atoms with van der Waals surface area (Å²) in [6.07, 6.45) is -3.26. The van der Waals surface area contributed by atoms with Gasteiger partial charge in [0, 0.05) is 24.0 Å². The standard InChI is InChI=1S/C35H45F3N6O4S/c1-6-19(3)27(30(39)49)42-32(46)34(15-14-26-24(17-34)23-12-9-13-25(29(23)41-26)35(36,37)38)44-31(45)28(20(4)7-2)43-33(47)40-18-21-10-8-11-22(16-21)48-5/h8-13,16,19-20,27-28,41H,6-7,14-15,17-18H2,1-5H3,(H2,39,49)(H,42,46)(H,44,45)(H2,40,43,47)/t19-,20?,27?,28-,34+/m0/s1. The highest BCUT2D eigenvalue weighted by atomic mass is 32.1. The summed E-state index contributed by atoms with van der Waals surface area (Å²) < 4.78 is 47.1. The van der Waals surface area contributed by atoms with Crippen LogP contribution < -0.4 is 31.7 Å². The molecular formula is C35H45F3N6O4S. The van der Waals surface area contributed by atoms with Crippen LogP contribution >= 0.6 is 12.2 Å². The van der Waals surface area contributed by atoms with E-state index in [9.17, 15) is 27.6 Å². The highest BCUT2D eigenvalue weighted by Crippen LogP contribution is 2.40. The highest BCUT2D eigenvalue weighted by molar-refractivity contribution is 7.80. The smallest absolute Gasteiger partial charge is 0.418 e. The molecule has 0 saturated heterocycles. The minimum absolute atomic E-state index is 0.0741. The minimum atomic E-state index is -4.60. The zero-order valence-electron chi connectivity index (χ0n) is 28.3. The molecule has 4 rings (SSSR count). The number of halogens is 3. The maximum atomic E-state index is 14.3. The SMILES string of the molecule is CCC(C)[C@H](NC(=O)NCc1cccc(OC)c1)C(=O)N[C@]1(C(=O)NC(C(N)=S)[C@@H](C)CC)CCc2[nH]c3c(C(F)(F)F)cccc3c2C1. The van der Waals surface area contributed by atoms with Crippen LogP contribution in [0.15, 0.2) is 42.5 Å². The van der Waals surface area contributed by atoms with Crippen molar-refractivity contribution in [2.75, 3.05) is 7.11 Å². The average molecular weight is 703 g/mol. The predicted octanol–water partition coefficient (Wildman–Crippen LogP) is 5.27. The van der Waals surface area contributed by atoms with Crippen LogP contribution in [-0.2, 0) is 35.2 Å². The molecule has 1 heterocycles. The molecule has 0 bridgehead atoms. The lowest BCUT2D eigenvalue weighted by Crippen LogP contribution is -2.67. The van der Waals surface area contributed by atoms with Crippen LogP contribution in [0, 0.1) is 11.8 Å². The van der Waals surface area contributed by atoms with Gasteiger partial charge in [0.25, 0.3) is 0 Å². The van der Waals surface area contributed by atoms with Crippen molar-refractivity contribution in [2.24, 2.45) is 17.6 Å². The Morgan fingerprint density at radius 1 is 1.04 bits per heavy atom. The summed E-state index contributed by atoms with van der Waals surface area (Å²) in [7, 11) is 1.54. The number of benzene rings is 2. The van der Waals surface area contributed by atoms with Gasteiger partial charge in [0.1, 0.15) is 17.3 Å². The number of aromatic amines is 1. The Morgan fingerprint density at radius 2 is 1.71 bits per heavy atom. The Hall–Kier alpha value is -4.33.